The van der Waals surface area contributed by atoms with Gasteiger partial charge in [-0.2, -0.15) is 0 Å². The highest BCUT2D eigenvalue weighted by Crippen LogP contribution is 2.41. The average molecular weight is 405 g/mol. The van der Waals surface area contributed by atoms with Crippen LogP contribution < -0.4 is 0 Å². The molecule has 0 bridgehead atoms. The molecule has 0 amide bonds. The normalized spacial score (nSPS) is 30.4. The summed E-state index contributed by atoms with van der Waals surface area (Å²) >= 11 is 6.41. The molecule has 0 aliphatic heterocycles. The van der Waals surface area contributed by atoms with Crippen LogP contribution in [0.5, 0.6) is 0 Å². The number of aliphatic hydroxyl groups is 4. The minimum Gasteiger partial charge on any atom is -0.396 e. The Bertz CT molecular complexity index is 792. The van der Waals surface area contributed by atoms with Crippen LogP contribution in [-0.2, 0) is 12.8 Å². The van der Waals surface area contributed by atoms with Gasteiger partial charge in [0.25, 0.3) is 0 Å². The van der Waals surface area contributed by atoms with E-state index >= 15 is 0 Å². The molecule has 1 aliphatic carbocycles. The van der Waals surface area contributed by atoms with Crippen molar-refractivity contribution in [2.45, 2.75) is 50.9 Å². The number of hydrogen-bond acceptors (Lipinski definition) is 4. The number of aryl methyl sites for hydroxylation is 1. The van der Waals surface area contributed by atoms with Crippen molar-refractivity contribution in [2.24, 2.45) is 11.8 Å². The molecule has 4 N–H and O–H groups in total. The lowest BCUT2D eigenvalue weighted by atomic mass is 9.67. The highest BCUT2D eigenvalue weighted by molar-refractivity contribution is 6.31. The maximum Gasteiger partial charge on any atom is 0.0895 e. The van der Waals surface area contributed by atoms with E-state index in [-0.39, 0.29) is 6.61 Å². The smallest absolute Gasteiger partial charge is 0.0895 e. The van der Waals surface area contributed by atoms with Gasteiger partial charge in [0.15, 0.2) is 0 Å². The van der Waals surface area contributed by atoms with Crippen LogP contribution in [-0.4, -0.2) is 45.3 Å². The second kappa shape index (κ2) is 8.93. The fourth-order valence-corrected chi connectivity index (χ4v) is 4.46. The summed E-state index contributed by atoms with van der Waals surface area (Å²) in [5, 5.41) is 42.1. The van der Waals surface area contributed by atoms with Gasteiger partial charge in [-0.05, 0) is 47.1 Å². The standard InChI is InChI=1S/C23H29ClO4/c1-3-14-4-6-15(7-5-14)10-17-11-16(8-9-19(17)24)20-22(27)18(12-25)13(2)21(26)23(20)28/h4-9,11,13,18,20-23,25-28H,3,10,12H2,1-2H3/t13-,18-,20-,21+,22+,23+/m1/s1. The molecule has 0 unspecified atom stereocenters. The van der Waals surface area contributed by atoms with Gasteiger partial charge < -0.3 is 20.4 Å². The van der Waals surface area contributed by atoms with Crippen molar-refractivity contribution in [2.75, 3.05) is 6.61 Å². The molecule has 0 aromatic heterocycles. The lowest BCUT2D eigenvalue weighted by molar-refractivity contribution is -0.135. The van der Waals surface area contributed by atoms with Gasteiger partial charge in [-0.25, -0.2) is 0 Å². The Morgan fingerprint density at radius 3 is 2.14 bits per heavy atom. The van der Waals surface area contributed by atoms with Gasteiger partial charge in [-0.15, -0.1) is 0 Å². The van der Waals surface area contributed by atoms with Gasteiger partial charge in [-0.3, -0.25) is 0 Å². The molecule has 3 rings (SSSR count). The second-order valence-electron chi connectivity index (χ2n) is 7.90. The van der Waals surface area contributed by atoms with Crippen LogP contribution in [0.4, 0.5) is 0 Å². The van der Waals surface area contributed by atoms with E-state index < -0.39 is 36.1 Å². The Kier molecular flexibility index (Phi) is 6.79. The number of hydrogen-bond donors (Lipinski definition) is 4. The Morgan fingerprint density at radius 2 is 1.54 bits per heavy atom. The van der Waals surface area contributed by atoms with Gasteiger partial charge in [0.1, 0.15) is 0 Å². The van der Waals surface area contributed by atoms with Crippen molar-refractivity contribution in [3.05, 3.63) is 69.7 Å². The average Bonchev–Trinajstić information content (AvgIpc) is 2.70. The van der Waals surface area contributed by atoms with Crippen LogP contribution in [0.25, 0.3) is 0 Å². The van der Waals surface area contributed by atoms with E-state index in [2.05, 4.69) is 31.2 Å². The Labute approximate surface area is 171 Å². The maximum atomic E-state index is 10.8. The van der Waals surface area contributed by atoms with E-state index in [1.54, 1.807) is 19.1 Å². The molecule has 2 aromatic carbocycles. The van der Waals surface area contributed by atoms with Gasteiger partial charge in [0, 0.05) is 23.5 Å². The highest BCUT2D eigenvalue weighted by atomic mass is 35.5. The second-order valence-corrected chi connectivity index (χ2v) is 8.31. The van der Waals surface area contributed by atoms with Gasteiger partial charge >= 0.3 is 0 Å². The molecule has 1 aliphatic rings. The van der Waals surface area contributed by atoms with Gasteiger partial charge in [0.05, 0.1) is 18.3 Å². The number of benzene rings is 2. The topological polar surface area (TPSA) is 80.9 Å². The molecule has 1 saturated carbocycles. The highest BCUT2D eigenvalue weighted by Gasteiger charge is 2.47. The maximum absolute atomic E-state index is 10.8. The molecule has 0 spiro atoms. The minimum atomic E-state index is -1.11. The van der Waals surface area contributed by atoms with Crippen molar-refractivity contribution in [3.8, 4) is 0 Å². The quantitative estimate of drug-likeness (QED) is 0.617. The molecule has 5 heteroatoms. The fraction of sp³-hybridized carbons (Fsp3) is 0.478. The van der Waals surface area contributed by atoms with Crippen molar-refractivity contribution < 1.29 is 20.4 Å². The summed E-state index contributed by atoms with van der Waals surface area (Å²) in [5.74, 6) is -1.57. The summed E-state index contributed by atoms with van der Waals surface area (Å²) in [5.41, 5.74) is 4.02. The number of rotatable bonds is 5. The van der Waals surface area contributed by atoms with E-state index in [4.69, 9.17) is 11.6 Å². The van der Waals surface area contributed by atoms with Gasteiger partial charge in [-0.1, -0.05) is 61.8 Å². The zero-order chi connectivity index (χ0) is 20.4. The molecule has 152 valence electrons. The molecule has 6 atom stereocenters. The first kappa shape index (κ1) is 21.3. The van der Waals surface area contributed by atoms with E-state index in [0.29, 0.717) is 17.0 Å². The molecule has 4 nitrogen and oxygen atoms in total. The van der Waals surface area contributed by atoms with Crippen LogP contribution in [0.2, 0.25) is 5.02 Å². The summed E-state index contributed by atoms with van der Waals surface area (Å²) in [7, 11) is 0. The Balaban J connectivity index is 1.90. The van der Waals surface area contributed by atoms with E-state index in [1.165, 1.54) is 5.56 Å². The van der Waals surface area contributed by atoms with Crippen LogP contribution >= 0.6 is 11.6 Å². The molecular formula is C23H29ClO4. The molecule has 2 aromatic rings. The number of aliphatic hydroxyl groups excluding tert-OH is 4. The predicted octanol–water partition coefficient (Wildman–Crippen LogP) is 2.92. The molecular weight excluding hydrogens is 376 g/mol. The van der Waals surface area contributed by atoms with Crippen molar-refractivity contribution >= 4 is 11.6 Å². The van der Waals surface area contributed by atoms with Crippen LogP contribution in [0.15, 0.2) is 42.5 Å². The summed E-state index contributed by atoms with van der Waals surface area (Å²) in [6.45, 7) is 3.61. The van der Waals surface area contributed by atoms with Crippen LogP contribution in [0, 0.1) is 11.8 Å². The zero-order valence-electron chi connectivity index (χ0n) is 16.3. The van der Waals surface area contributed by atoms with Gasteiger partial charge in [0.2, 0.25) is 0 Å². The first-order chi connectivity index (χ1) is 13.4. The summed E-state index contributed by atoms with van der Waals surface area (Å²) in [6.07, 6.45) is -1.44. The number of halogens is 1. The third-order valence-corrected chi connectivity index (χ3v) is 6.60. The molecule has 1 fully saturated rings. The molecule has 28 heavy (non-hydrogen) atoms. The zero-order valence-corrected chi connectivity index (χ0v) is 17.0. The summed E-state index contributed by atoms with van der Waals surface area (Å²) in [4.78, 5) is 0. The first-order valence-electron chi connectivity index (χ1n) is 9.88. The largest absolute Gasteiger partial charge is 0.396 e. The Morgan fingerprint density at radius 1 is 0.893 bits per heavy atom. The predicted molar refractivity (Wildman–Crippen MR) is 111 cm³/mol. The SMILES string of the molecule is CCc1ccc(Cc2cc([C@H]3[C@H](O)[C@@H](O)[C@H](C)[C@@H](CO)[C@@H]3O)ccc2Cl)cc1. The molecule has 0 heterocycles. The minimum absolute atomic E-state index is 0.243. The van der Waals surface area contributed by atoms with E-state index in [9.17, 15) is 20.4 Å². The lowest BCUT2D eigenvalue weighted by Gasteiger charge is -2.45. The van der Waals surface area contributed by atoms with Crippen LogP contribution in [0.1, 0.15) is 42.0 Å². The Hall–Kier alpha value is -1.43. The summed E-state index contributed by atoms with van der Waals surface area (Å²) < 4.78 is 0. The third kappa shape index (κ3) is 4.12. The van der Waals surface area contributed by atoms with Crippen molar-refractivity contribution in [1.29, 1.82) is 0 Å². The monoisotopic (exact) mass is 404 g/mol. The van der Waals surface area contributed by atoms with E-state index in [1.807, 2.05) is 6.07 Å². The fourth-order valence-electron chi connectivity index (χ4n) is 4.27. The van der Waals surface area contributed by atoms with Crippen molar-refractivity contribution in [1.82, 2.24) is 0 Å². The van der Waals surface area contributed by atoms with Crippen molar-refractivity contribution in [3.63, 3.8) is 0 Å². The third-order valence-electron chi connectivity index (χ3n) is 6.23. The van der Waals surface area contributed by atoms with Crippen LogP contribution in [0.3, 0.4) is 0 Å². The summed E-state index contributed by atoms with van der Waals surface area (Å²) in [6, 6.07) is 13.8. The first-order valence-corrected chi connectivity index (χ1v) is 10.3. The lowest BCUT2D eigenvalue weighted by Crippen LogP contribution is -2.54. The van der Waals surface area contributed by atoms with E-state index in [0.717, 1.165) is 17.5 Å². The molecule has 0 radical (unpaired) electrons. The molecule has 0 saturated heterocycles.